The molecule has 1 rings (SSSR count). The Hall–Kier alpha value is -0.380. The van der Waals surface area contributed by atoms with Crippen molar-refractivity contribution < 1.29 is 4.84 Å². The van der Waals surface area contributed by atoms with E-state index < -0.39 is 0 Å². The average molecular weight is 185 g/mol. The molecule has 0 saturated carbocycles. The summed E-state index contributed by atoms with van der Waals surface area (Å²) in [4.78, 5) is 5.96. The Morgan fingerprint density at radius 1 is 1.33 bits per heavy atom. The van der Waals surface area contributed by atoms with Gasteiger partial charge in [0, 0.05) is 4.88 Å². The van der Waals surface area contributed by atoms with Gasteiger partial charge >= 0.3 is 0 Å². The molecule has 1 aromatic heterocycles. The van der Waals surface area contributed by atoms with E-state index in [4.69, 9.17) is 5.90 Å². The van der Waals surface area contributed by atoms with E-state index in [9.17, 15) is 0 Å². The van der Waals surface area contributed by atoms with Crippen LogP contribution in [-0.2, 0) is 11.3 Å². The monoisotopic (exact) mass is 185 g/mol. The van der Waals surface area contributed by atoms with Crippen LogP contribution in [0.4, 0.5) is 0 Å². The van der Waals surface area contributed by atoms with Gasteiger partial charge in [-0.2, -0.15) is 0 Å². The number of unbranched alkanes of at least 4 members (excludes halogenated alkanes) is 2. The number of hydrogen-bond acceptors (Lipinski definition) is 3. The second kappa shape index (κ2) is 6.17. The zero-order valence-corrected chi connectivity index (χ0v) is 7.98. The fraction of sp³-hybridized carbons (Fsp3) is 0.556. The van der Waals surface area contributed by atoms with E-state index in [1.807, 2.05) is 11.3 Å². The molecule has 1 heterocycles. The molecule has 0 saturated heterocycles. The second-order valence-corrected chi connectivity index (χ2v) is 3.79. The van der Waals surface area contributed by atoms with Crippen molar-refractivity contribution >= 4 is 11.3 Å². The lowest BCUT2D eigenvalue weighted by molar-refractivity contribution is 0.133. The van der Waals surface area contributed by atoms with Crippen LogP contribution < -0.4 is 5.90 Å². The highest BCUT2D eigenvalue weighted by Crippen LogP contribution is 2.12. The van der Waals surface area contributed by atoms with Crippen LogP contribution in [0.3, 0.4) is 0 Å². The highest BCUT2D eigenvalue weighted by atomic mass is 32.1. The largest absolute Gasteiger partial charge is 0.305 e. The van der Waals surface area contributed by atoms with Crippen molar-refractivity contribution in [2.75, 3.05) is 6.61 Å². The number of rotatable bonds is 6. The SMILES string of the molecule is NOCCCCCc1cccs1. The van der Waals surface area contributed by atoms with Gasteiger partial charge < -0.3 is 4.84 Å². The minimum Gasteiger partial charge on any atom is -0.305 e. The van der Waals surface area contributed by atoms with Crippen LogP contribution in [0.25, 0.3) is 0 Å². The summed E-state index contributed by atoms with van der Waals surface area (Å²) < 4.78 is 0. The maximum Gasteiger partial charge on any atom is 0.0679 e. The molecule has 2 N–H and O–H groups in total. The molecule has 0 fully saturated rings. The summed E-state index contributed by atoms with van der Waals surface area (Å²) in [5.74, 6) is 4.91. The van der Waals surface area contributed by atoms with Gasteiger partial charge in [-0.15, -0.1) is 11.3 Å². The van der Waals surface area contributed by atoms with E-state index in [1.165, 1.54) is 24.1 Å². The smallest absolute Gasteiger partial charge is 0.0679 e. The normalized spacial score (nSPS) is 10.4. The third-order valence-corrected chi connectivity index (χ3v) is 2.70. The van der Waals surface area contributed by atoms with Crippen LogP contribution in [0.2, 0.25) is 0 Å². The van der Waals surface area contributed by atoms with Crippen molar-refractivity contribution in [1.82, 2.24) is 0 Å². The van der Waals surface area contributed by atoms with Crippen LogP contribution in [0.5, 0.6) is 0 Å². The molecule has 3 heteroatoms. The van der Waals surface area contributed by atoms with Crippen molar-refractivity contribution in [3.8, 4) is 0 Å². The minimum absolute atomic E-state index is 0.685. The average Bonchev–Trinajstić information content (AvgIpc) is 2.57. The summed E-state index contributed by atoms with van der Waals surface area (Å²) in [5.41, 5.74) is 0. The Bertz CT molecular complexity index is 186. The molecule has 0 aliphatic rings. The second-order valence-electron chi connectivity index (χ2n) is 2.76. The van der Waals surface area contributed by atoms with Gasteiger partial charge in [-0.1, -0.05) is 12.5 Å². The molecule has 0 amide bonds. The van der Waals surface area contributed by atoms with E-state index in [1.54, 1.807) is 0 Å². The Labute approximate surface area is 77.3 Å². The van der Waals surface area contributed by atoms with Crippen molar-refractivity contribution in [2.24, 2.45) is 5.90 Å². The number of hydrogen-bond donors (Lipinski definition) is 1. The molecule has 12 heavy (non-hydrogen) atoms. The molecule has 0 radical (unpaired) electrons. The first kappa shape index (κ1) is 9.71. The molecule has 1 aromatic rings. The number of aryl methyl sites for hydroxylation is 1. The fourth-order valence-corrected chi connectivity index (χ4v) is 1.87. The molecule has 0 aliphatic heterocycles. The Kier molecular flexibility index (Phi) is 4.99. The van der Waals surface area contributed by atoms with Crippen LogP contribution >= 0.6 is 11.3 Å². The van der Waals surface area contributed by atoms with E-state index in [2.05, 4.69) is 22.4 Å². The Morgan fingerprint density at radius 2 is 2.25 bits per heavy atom. The molecule has 68 valence electrons. The summed E-state index contributed by atoms with van der Waals surface area (Å²) in [5, 5.41) is 2.12. The molecule has 0 aliphatic carbocycles. The van der Waals surface area contributed by atoms with Crippen molar-refractivity contribution in [3.05, 3.63) is 22.4 Å². The minimum atomic E-state index is 0.685. The Balaban J connectivity index is 1.96. The first-order valence-corrected chi connectivity index (χ1v) is 5.15. The quantitative estimate of drug-likeness (QED) is 0.545. The first-order chi connectivity index (χ1) is 5.93. The lowest BCUT2D eigenvalue weighted by atomic mass is 10.2. The van der Waals surface area contributed by atoms with Crippen molar-refractivity contribution in [3.63, 3.8) is 0 Å². The molecule has 0 spiro atoms. The predicted molar refractivity (Wildman–Crippen MR) is 52.0 cm³/mol. The lowest BCUT2D eigenvalue weighted by Gasteiger charge is -1.97. The highest BCUT2D eigenvalue weighted by Gasteiger charge is 1.93. The zero-order valence-electron chi connectivity index (χ0n) is 7.16. The predicted octanol–water partition coefficient (Wildman–Crippen LogP) is 2.35. The van der Waals surface area contributed by atoms with Gasteiger partial charge in [0.15, 0.2) is 0 Å². The van der Waals surface area contributed by atoms with Gasteiger partial charge in [0.25, 0.3) is 0 Å². The van der Waals surface area contributed by atoms with E-state index in [-0.39, 0.29) is 0 Å². The fourth-order valence-electron chi connectivity index (χ4n) is 1.12. The van der Waals surface area contributed by atoms with Crippen molar-refractivity contribution in [2.45, 2.75) is 25.7 Å². The summed E-state index contributed by atoms with van der Waals surface area (Å²) in [6, 6.07) is 4.28. The van der Waals surface area contributed by atoms with Crippen LogP contribution in [0.15, 0.2) is 17.5 Å². The van der Waals surface area contributed by atoms with Gasteiger partial charge in [-0.05, 0) is 30.7 Å². The molecular weight excluding hydrogens is 170 g/mol. The standard InChI is InChI=1S/C9H15NOS/c10-11-7-3-1-2-5-9-6-4-8-12-9/h4,6,8H,1-3,5,7,10H2. The molecule has 2 nitrogen and oxygen atoms in total. The van der Waals surface area contributed by atoms with Gasteiger partial charge in [-0.25, -0.2) is 5.90 Å². The maximum absolute atomic E-state index is 4.91. The van der Waals surface area contributed by atoms with Gasteiger partial charge in [0.2, 0.25) is 0 Å². The van der Waals surface area contributed by atoms with E-state index in [0.29, 0.717) is 6.61 Å². The summed E-state index contributed by atoms with van der Waals surface area (Å²) in [6.07, 6.45) is 4.71. The molecule has 0 bridgehead atoms. The van der Waals surface area contributed by atoms with Gasteiger partial charge in [0.1, 0.15) is 0 Å². The molecule has 0 aromatic carbocycles. The molecule has 0 atom stereocenters. The van der Waals surface area contributed by atoms with Gasteiger partial charge in [-0.3, -0.25) is 0 Å². The lowest BCUT2D eigenvalue weighted by Crippen LogP contribution is -2.00. The topological polar surface area (TPSA) is 35.2 Å². The third kappa shape index (κ3) is 3.85. The Morgan fingerprint density at radius 3 is 2.92 bits per heavy atom. The maximum atomic E-state index is 4.91. The summed E-state index contributed by atoms with van der Waals surface area (Å²) >= 11 is 1.83. The third-order valence-electron chi connectivity index (χ3n) is 1.77. The van der Waals surface area contributed by atoms with Gasteiger partial charge in [0.05, 0.1) is 6.61 Å². The molecular formula is C9H15NOS. The van der Waals surface area contributed by atoms with Crippen LogP contribution in [-0.4, -0.2) is 6.61 Å². The number of nitrogens with two attached hydrogens (primary N) is 1. The highest BCUT2D eigenvalue weighted by molar-refractivity contribution is 7.09. The van der Waals surface area contributed by atoms with Crippen LogP contribution in [0, 0.1) is 0 Å². The summed E-state index contributed by atoms with van der Waals surface area (Å²) in [7, 11) is 0. The summed E-state index contributed by atoms with van der Waals surface area (Å²) in [6.45, 7) is 0.685. The molecule has 0 unspecified atom stereocenters. The van der Waals surface area contributed by atoms with E-state index >= 15 is 0 Å². The zero-order chi connectivity index (χ0) is 8.65. The first-order valence-electron chi connectivity index (χ1n) is 4.27. The van der Waals surface area contributed by atoms with Crippen molar-refractivity contribution in [1.29, 1.82) is 0 Å². The van der Waals surface area contributed by atoms with E-state index in [0.717, 1.165) is 6.42 Å². The number of thiophene rings is 1. The van der Waals surface area contributed by atoms with Crippen LogP contribution in [0.1, 0.15) is 24.1 Å².